The topological polar surface area (TPSA) is 34.1 Å². The lowest BCUT2D eigenvalue weighted by molar-refractivity contribution is 0.389. The Hall–Kier alpha value is -0.910. The molecule has 96 valence electrons. The average Bonchev–Trinajstić information content (AvgIpc) is 2.83. The third-order valence-corrected chi connectivity index (χ3v) is 4.53. The van der Waals surface area contributed by atoms with E-state index in [1.54, 1.807) is 24.6 Å². The van der Waals surface area contributed by atoms with Gasteiger partial charge in [0.1, 0.15) is 0 Å². The van der Waals surface area contributed by atoms with Crippen LogP contribution in [0.5, 0.6) is 5.88 Å². The van der Waals surface area contributed by atoms with Crippen LogP contribution in [-0.2, 0) is 6.54 Å². The van der Waals surface area contributed by atoms with Gasteiger partial charge in [-0.15, -0.1) is 11.3 Å². The van der Waals surface area contributed by atoms with Gasteiger partial charge in [0, 0.05) is 39.1 Å². The molecule has 1 unspecified atom stereocenters. The molecule has 0 aliphatic rings. The molecule has 0 bridgehead atoms. The second-order valence-corrected chi connectivity index (χ2v) is 5.80. The van der Waals surface area contributed by atoms with Crippen molar-refractivity contribution >= 4 is 27.3 Å². The van der Waals surface area contributed by atoms with Crippen LogP contribution in [0.15, 0.2) is 34.2 Å². The van der Waals surface area contributed by atoms with Gasteiger partial charge in [0.05, 0.1) is 7.11 Å². The number of halogens is 1. The minimum Gasteiger partial charge on any atom is -0.481 e. The normalized spacial score (nSPS) is 12.4. The van der Waals surface area contributed by atoms with Gasteiger partial charge >= 0.3 is 0 Å². The van der Waals surface area contributed by atoms with E-state index in [-0.39, 0.29) is 0 Å². The molecule has 0 amide bonds. The summed E-state index contributed by atoms with van der Waals surface area (Å²) in [5, 5.41) is 5.57. The molecule has 5 heteroatoms. The summed E-state index contributed by atoms with van der Waals surface area (Å²) in [5.41, 5.74) is 1.07. The summed E-state index contributed by atoms with van der Waals surface area (Å²) >= 11 is 5.22. The molecular weight excluding hydrogens is 312 g/mol. The number of pyridine rings is 1. The van der Waals surface area contributed by atoms with Crippen molar-refractivity contribution in [2.24, 2.45) is 0 Å². The first kappa shape index (κ1) is 13.5. The Morgan fingerprint density at radius 3 is 3.06 bits per heavy atom. The Morgan fingerprint density at radius 2 is 2.39 bits per heavy atom. The molecular formula is C13H15BrN2OS. The van der Waals surface area contributed by atoms with Crippen molar-refractivity contribution < 1.29 is 4.74 Å². The van der Waals surface area contributed by atoms with Crippen LogP contribution in [0.2, 0.25) is 0 Å². The fraction of sp³-hybridized carbons (Fsp3) is 0.308. The Morgan fingerprint density at radius 1 is 1.56 bits per heavy atom. The minimum atomic E-state index is 0.311. The maximum atomic E-state index is 5.23. The number of ether oxygens (including phenoxy) is 1. The van der Waals surface area contributed by atoms with Gasteiger partial charge < -0.3 is 10.1 Å². The molecule has 0 saturated carbocycles. The fourth-order valence-corrected chi connectivity index (χ4v) is 3.14. The van der Waals surface area contributed by atoms with E-state index in [4.69, 9.17) is 4.74 Å². The Labute approximate surface area is 119 Å². The number of nitrogens with zero attached hydrogens (tertiary/aromatic N) is 1. The van der Waals surface area contributed by atoms with E-state index in [0.717, 1.165) is 16.6 Å². The number of rotatable bonds is 5. The molecule has 18 heavy (non-hydrogen) atoms. The van der Waals surface area contributed by atoms with Gasteiger partial charge in [0.25, 0.3) is 0 Å². The summed E-state index contributed by atoms with van der Waals surface area (Å²) in [6.07, 6.45) is 1.74. The van der Waals surface area contributed by atoms with Crippen LogP contribution in [0.3, 0.4) is 0 Å². The number of aromatic nitrogens is 1. The molecule has 2 aromatic rings. The molecule has 0 aliphatic heterocycles. The molecule has 1 atom stereocenters. The van der Waals surface area contributed by atoms with E-state index in [1.165, 1.54) is 4.88 Å². The zero-order valence-corrected chi connectivity index (χ0v) is 12.7. The highest BCUT2D eigenvalue weighted by atomic mass is 79.9. The van der Waals surface area contributed by atoms with Crippen LogP contribution < -0.4 is 10.1 Å². The predicted octanol–water partition coefficient (Wildman–Crippen LogP) is 3.77. The van der Waals surface area contributed by atoms with E-state index < -0.39 is 0 Å². The van der Waals surface area contributed by atoms with Crippen LogP contribution in [-0.4, -0.2) is 12.1 Å². The second-order valence-electron chi connectivity index (χ2n) is 3.94. The number of nitrogens with one attached hydrogen (secondary N) is 1. The van der Waals surface area contributed by atoms with Crippen molar-refractivity contribution in [2.75, 3.05) is 7.11 Å². The van der Waals surface area contributed by atoms with Gasteiger partial charge in [-0.2, -0.15) is 0 Å². The van der Waals surface area contributed by atoms with Crippen LogP contribution in [0.25, 0.3) is 0 Å². The zero-order valence-electron chi connectivity index (χ0n) is 10.3. The molecule has 0 radical (unpaired) electrons. The molecule has 0 fully saturated rings. The van der Waals surface area contributed by atoms with Crippen LogP contribution in [0.1, 0.15) is 23.4 Å². The summed E-state index contributed by atoms with van der Waals surface area (Å²) in [4.78, 5) is 5.49. The van der Waals surface area contributed by atoms with E-state index >= 15 is 0 Å². The highest BCUT2D eigenvalue weighted by molar-refractivity contribution is 9.10. The molecule has 2 rings (SSSR count). The van der Waals surface area contributed by atoms with Crippen molar-refractivity contribution in [3.05, 3.63) is 44.7 Å². The number of hydrogen-bond donors (Lipinski definition) is 1. The molecule has 1 N–H and O–H groups in total. The fourth-order valence-electron chi connectivity index (χ4n) is 1.66. The first-order chi connectivity index (χ1) is 8.70. The van der Waals surface area contributed by atoms with Crippen LogP contribution in [0, 0.1) is 0 Å². The molecule has 3 nitrogen and oxygen atoms in total. The largest absolute Gasteiger partial charge is 0.481 e. The lowest BCUT2D eigenvalue weighted by Crippen LogP contribution is -2.17. The third-order valence-electron chi connectivity index (χ3n) is 2.66. The lowest BCUT2D eigenvalue weighted by Gasteiger charge is -2.13. The lowest BCUT2D eigenvalue weighted by atomic mass is 10.2. The van der Waals surface area contributed by atoms with Gasteiger partial charge in [-0.1, -0.05) is 6.07 Å². The first-order valence-corrected chi connectivity index (χ1v) is 7.33. The molecule has 2 aromatic heterocycles. The third kappa shape index (κ3) is 3.31. The smallest absolute Gasteiger partial charge is 0.217 e. The first-order valence-electron chi connectivity index (χ1n) is 5.66. The standard InChI is InChI=1S/C13H15BrN2OS/c1-9(12-6-11(14)8-18-12)16-7-10-4-3-5-15-13(10)17-2/h3-6,8-9,16H,7H2,1-2H3. The van der Waals surface area contributed by atoms with Crippen LogP contribution >= 0.6 is 27.3 Å². The summed E-state index contributed by atoms with van der Waals surface area (Å²) in [5.74, 6) is 0.685. The maximum Gasteiger partial charge on any atom is 0.217 e. The molecule has 0 spiro atoms. The van der Waals surface area contributed by atoms with E-state index in [9.17, 15) is 0 Å². The Bertz CT molecular complexity index is 515. The van der Waals surface area contributed by atoms with Crippen LogP contribution in [0.4, 0.5) is 0 Å². The van der Waals surface area contributed by atoms with Crippen molar-refractivity contribution in [1.82, 2.24) is 10.3 Å². The molecule has 0 saturated heterocycles. The summed E-state index contributed by atoms with van der Waals surface area (Å²) in [6.45, 7) is 2.90. The van der Waals surface area contributed by atoms with E-state index in [0.29, 0.717) is 11.9 Å². The monoisotopic (exact) mass is 326 g/mol. The van der Waals surface area contributed by atoms with Gasteiger partial charge in [-0.25, -0.2) is 4.98 Å². The van der Waals surface area contributed by atoms with Gasteiger partial charge in [-0.05, 0) is 35.0 Å². The SMILES string of the molecule is COc1ncccc1CNC(C)c1cc(Br)cs1. The molecule has 2 heterocycles. The average molecular weight is 327 g/mol. The second kappa shape index (κ2) is 6.31. The number of methoxy groups -OCH3 is 1. The van der Waals surface area contributed by atoms with E-state index in [1.807, 2.05) is 12.1 Å². The van der Waals surface area contributed by atoms with Gasteiger partial charge in [-0.3, -0.25) is 0 Å². The Balaban J connectivity index is 1.99. The minimum absolute atomic E-state index is 0.311. The van der Waals surface area contributed by atoms with Crippen molar-refractivity contribution in [3.63, 3.8) is 0 Å². The summed E-state index contributed by atoms with van der Waals surface area (Å²) in [6, 6.07) is 6.40. The van der Waals surface area contributed by atoms with E-state index in [2.05, 4.69) is 44.6 Å². The zero-order chi connectivity index (χ0) is 13.0. The van der Waals surface area contributed by atoms with Crippen molar-refractivity contribution in [2.45, 2.75) is 19.5 Å². The molecule has 0 aromatic carbocycles. The summed E-state index contributed by atoms with van der Waals surface area (Å²) in [7, 11) is 1.64. The Kier molecular flexibility index (Phi) is 4.74. The quantitative estimate of drug-likeness (QED) is 0.908. The van der Waals surface area contributed by atoms with Crippen molar-refractivity contribution in [1.29, 1.82) is 0 Å². The molecule has 0 aliphatic carbocycles. The van der Waals surface area contributed by atoms with Gasteiger partial charge in [0.15, 0.2) is 0 Å². The van der Waals surface area contributed by atoms with Gasteiger partial charge in [0.2, 0.25) is 5.88 Å². The highest BCUT2D eigenvalue weighted by Gasteiger charge is 2.09. The number of hydrogen-bond acceptors (Lipinski definition) is 4. The maximum absolute atomic E-state index is 5.23. The van der Waals surface area contributed by atoms with Crippen molar-refractivity contribution in [3.8, 4) is 5.88 Å². The summed E-state index contributed by atoms with van der Waals surface area (Å²) < 4.78 is 6.37. The predicted molar refractivity (Wildman–Crippen MR) is 78.1 cm³/mol. The highest BCUT2D eigenvalue weighted by Crippen LogP contribution is 2.25. The number of thiophene rings is 1.